The summed E-state index contributed by atoms with van der Waals surface area (Å²) in [7, 11) is 3.88. The highest BCUT2D eigenvalue weighted by Gasteiger charge is 2.46. The molecule has 2 N–H and O–H groups in total. The molecule has 2 saturated heterocycles. The minimum Gasteiger partial charge on any atom is -0.354 e. The third-order valence-electron chi connectivity index (χ3n) is 5.55. The van der Waals surface area contributed by atoms with Gasteiger partial charge < -0.3 is 15.5 Å². The molecule has 2 aliphatic heterocycles. The molecule has 0 aromatic carbocycles. The van der Waals surface area contributed by atoms with Gasteiger partial charge in [-0.25, -0.2) is 4.79 Å². The second-order valence-electron chi connectivity index (χ2n) is 7.17. The van der Waals surface area contributed by atoms with Crippen molar-refractivity contribution in [2.24, 2.45) is 7.05 Å². The highest BCUT2D eigenvalue weighted by Crippen LogP contribution is 2.30. The maximum Gasteiger partial charge on any atom is 0.317 e. The number of carbonyl (C=O) groups is 2. The second kappa shape index (κ2) is 7.03. The molecule has 8 heteroatoms. The minimum atomic E-state index is -0.470. The Bertz CT molecular complexity index is 635. The fourth-order valence-electron chi connectivity index (χ4n) is 3.78. The predicted octanol–water partition coefficient (Wildman–Crippen LogP) is 0.477. The first-order valence-corrected chi connectivity index (χ1v) is 8.96. The SMILES string of the molecule is CC(NC(=O)N1CCC2(CC1)C(=O)NCCCN2C)c1cnn(C)c1. The number of aryl methyl sites for hydroxylation is 1. The van der Waals surface area contributed by atoms with Gasteiger partial charge in [0.2, 0.25) is 5.91 Å². The van der Waals surface area contributed by atoms with E-state index in [0.717, 1.165) is 25.1 Å². The number of hydrogen-bond acceptors (Lipinski definition) is 4. The van der Waals surface area contributed by atoms with Crippen molar-refractivity contribution in [3.05, 3.63) is 18.0 Å². The van der Waals surface area contributed by atoms with Gasteiger partial charge in [0.1, 0.15) is 5.54 Å². The minimum absolute atomic E-state index is 0.0807. The molecule has 2 aliphatic rings. The molecule has 2 fully saturated rings. The highest BCUT2D eigenvalue weighted by molar-refractivity contribution is 5.87. The molecule has 1 unspecified atom stereocenters. The first-order valence-electron chi connectivity index (χ1n) is 8.96. The summed E-state index contributed by atoms with van der Waals surface area (Å²) in [6.07, 6.45) is 5.98. The lowest BCUT2D eigenvalue weighted by Gasteiger charge is -2.45. The van der Waals surface area contributed by atoms with Crippen molar-refractivity contribution in [1.82, 2.24) is 30.2 Å². The number of carbonyl (C=O) groups excluding carboxylic acids is 2. The fraction of sp³-hybridized carbons (Fsp3) is 0.706. The van der Waals surface area contributed by atoms with Crippen molar-refractivity contribution in [2.75, 3.05) is 33.2 Å². The first-order chi connectivity index (χ1) is 11.9. The molecule has 25 heavy (non-hydrogen) atoms. The number of piperidine rings is 1. The molecule has 1 atom stereocenters. The molecule has 1 aromatic heterocycles. The van der Waals surface area contributed by atoms with Gasteiger partial charge in [-0.05, 0) is 33.2 Å². The van der Waals surface area contributed by atoms with Crippen LogP contribution in [0.1, 0.15) is 37.8 Å². The molecule has 1 aromatic rings. The summed E-state index contributed by atoms with van der Waals surface area (Å²) in [6, 6.07) is -0.177. The number of nitrogens with one attached hydrogen (secondary N) is 2. The summed E-state index contributed by atoms with van der Waals surface area (Å²) >= 11 is 0. The fourth-order valence-corrected chi connectivity index (χ4v) is 3.78. The highest BCUT2D eigenvalue weighted by atomic mass is 16.2. The van der Waals surface area contributed by atoms with Crippen LogP contribution in [0.15, 0.2) is 12.4 Å². The molecule has 0 aliphatic carbocycles. The summed E-state index contributed by atoms with van der Waals surface area (Å²) in [4.78, 5) is 29.1. The van der Waals surface area contributed by atoms with Crippen LogP contribution in [-0.2, 0) is 11.8 Å². The maximum absolute atomic E-state index is 12.6. The van der Waals surface area contributed by atoms with Gasteiger partial charge in [-0.3, -0.25) is 14.4 Å². The Hall–Kier alpha value is -2.09. The van der Waals surface area contributed by atoms with Gasteiger partial charge in [-0.15, -0.1) is 0 Å². The average molecular weight is 348 g/mol. The summed E-state index contributed by atoms with van der Waals surface area (Å²) in [5.74, 6) is 0.108. The van der Waals surface area contributed by atoms with E-state index in [4.69, 9.17) is 0 Å². The van der Waals surface area contributed by atoms with Crippen molar-refractivity contribution < 1.29 is 9.59 Å². The van der Waals surface area contributed by atoms with E-state index in [0.29, 0.717) is 25.9 Å². The zero-order valence-electron chi connectivity index (χ0n) is 15.3. The third-order valence-corrected chi connectivity index (χ3v) is 5.55. The topological polar surface area (TPSA) is 82.5 Å². The largest absolute Gasteiger partial charge is 0.354 e. The lowest BCUT2D eigenvalue weighted by Crippen LogP contribution is -2.62. The zero-order chi connectivity index (χ0) is 18.0. The molecular formula is C17H28N6O2. The van der Waals surface area contributed by atoms with Crippen molar-refractivity contribution in [3.8, 4) is 0 Å². The third kappa shape index (κ3) is 3.49. The lowest BCUT2D eigenvalue weighted by atomic mass is 9.85. The number of urea groups is 1. The van der Waals surface area contributed by atoms with E-state index in [1.165, 1.54) is 0 Å². The van der Waals surface area contributed by atoms with Crippen LogP contribution in [0.5, 0.6) is 0 Å². The summed E-state index contributed by atoms with van der Waals surface area (Å²) in [6.45, 7) is 4.76. The molecule has 3 heterocycles. The van der Waals surface area contributed by atoms with Crippen LogP contribution in [0, 0.1) is 0 Å². The van der Waals surface area contributed by atoms with Crippen LogP contribution < -0.4 is 10.6 Å². The van der Waals surface area contributed by atoms with E-state index < -0.39 is 5.54 Å². The van der Waals surface area contributed by atoms with Crippen LogP contribution in [0.2, 0.25) is 0 Å². The van der Waals surface area contributed by atoms with Crippen LogP contribution >= 0.6 is 0 Å². The Labute approximate surface area is 148 Å². The number of nitrogens with zero attached hydrogens (tertiary/aromatic N) is 4. The molecule has 138 valence electrons. The van der Waals surface area contributed by atoms with Crippen LogP contribution in [0.3, 0.4) is 0 Å². The van der Waals surface area contributed by atoms with Gasteiger partial charge in [0.05, 0.1) is 12.2 Å². The molecular weight excluding hydrogens is 320 g/mol. The smallest absolute Gasteiger partial charge is 0.317 e. The number of likely N-dealkylation sites (tertiary alicyclic amines) is 1. The number of hydrogen-bond donors (Lipinski definition) is 2. The van der Waals surface area contributed by atoms with Crippen molar-refractivity contribution in [2.45, 2.75) is 37.8 Å². The van der Waals surface area contributed by atoms with E-state index in [-0.39, 0.29) is 18.0 Å². The number of aromatic nitrogens is 2. The quantitative estimate of drug-likeness (QED) is 0.814. The maximum atomic E-state index is 12.6. The monoisotopic (exact) mass is 348 g/mol. The van der Waals surface area contributed by atoms with E-state index in [2.05, 4.69) is 20.6 Å². The Morgan fingerprint density at radius 3 is 2.68 bits per heavy atom. The Balaban J connectivity index is 1.59. The van der Waals surface area contributed by atoms with Gasteiger partial charge in [-0.2, -0.15) is 5.10 Å². The number of amides is 3. The average Bonchev–Trinajstić information content (AvgIpc) is 2.99. The summed E-state index contributed by atoms with van der Waals surface area (Å²) in [5.41, 5.74) is 0.509. The number of rotatable bonds is 2. The van der Waals surface area contributed by atoms with Gasteiger partial charge in [0.15, 0.2) is 0 Å². The van der Waals surface area contributed by atoms with Crippen LogP contribution in [-0.4, -0.2) is 70.3 Å². The normalized spacial score (nSPS) is 22.4. The molecule has 1 spiro atoms. The molecule has 3 rings (SSSR count). The van der Waals surface area contributed by atoms with Gasteiger partial charge in [0.25, 0.3) is 0 Å². The Morgan fingerprint density at radius 2 is 2.04 bits per heavy atom. The first kappa shape index (κ1) is 17.7. The predicted molar refractivity (Wildman–Crippen MR) is 93.9 cm³/mol. The molecule has 0 bridgehead atoms. The van der Waals surface area contributed by atoms with E-state index in [9.17, 15) is 9.59 Å². The van der Waals surface area contributed by atoms with E-state index >= 15 is 0 Å². The Kier molecular flexibility index (Phi) is 4.99. The van der Waals surface area contributed by atoms with Gasteiger partial charge in [-0.1, -0.05) is 0 Å². The summed E-state index contributed by atoms with van der Waals surface area (Å²) < 4.78 is 1.73. The summed E-state index contributed by atoms with van der Waals surface area (Å²) in [5, 5.41) is 10.2. The van der Waals surface area contributed by atoms with E-state index in [1.54, 1.807) is 10.9 Å². The van der Waals surface area contributed by atoms with E-state index in [1.807, 2.05) is 32.1 Å². The van der Waals surface area contributed by atoms with Crippen LogP contribution in [0.4, 0.5) is 4.79 Å². The molecule has 3 amide bonds. The molecule has 0 saturated carbocycles. The Morgan fingerprint density at radius 1 is 1.32 bits per heavy atom. The number of likely N-dealkylation sites (N-methyl/N-ethyl adjacent to an activating group) is 1. The second-order valence-corrected chi connectivity index (χ2v) is 7.17. The van der Waals surface area contributed by atoms with Crippen molar-refractivity contribution in [1.29, 1.82) is 0 Å². The standard InChI is InChI=1S/C17H28N6O2/c1-13(14-11-19-22(3)12-14)20-16(25)23-9-5-17(6-10-23)15(24)18-7-4-8-21(17)2/h11-13H,4-10H2,1-3H3,(H,18,24)(H,20,25). The van der Waals surface area contributed by atoms with Crippen molar-refractivity contribution >= 4 is 11.9 Å². The van der Waals surface area contributed by atoms with Gasteiger partial charge in [0, 0.05) is 45.0 Å². The molecule has 8 nitrogen and oxygen atoms in total. The van der Waals surface area contributed by atoms with Gasteiger partial charge >= 0.3 is 6.03 Å². The molecule has 0 radical (unpaired) electrons. The zero-order valence-corrected chi connectivity index (χ0v) is 15.3. The van der Waals surface area contributed by atoms with Crippen molar-refractivity contribution in [3.63, 3.8) is 0 Å². The van der Waals surface area contributed by atoms with Crippen LogP contribution in [0.25, 0.3) is 0 Å². The lowest BCUT2D eigenvalue weighted by molar-refractivity contribution is -0.134.